The zero-order valence-electron chi connectivity index (χ0n) is 11.6. The van der Waals surface area contributed by atoms with Crippen LogP contribution in [-0.4, -0.2) is 20.2 Å². The monoisotopic (exact) mass is 255 g/mol. The van der Waals surface area contributed by atoms with E-state index in [1.807, 2.05) is 12.1 Å². The summed E-state index contributed by atoms with van der Waals surface area (Å²) in [5.74, 6) is 0.894. The van der Waals surface area contributed by atoms with Crippen LogP contribution in [0.3, 0.4) is 0 Å². The SMILES string of the molecule is CCNCCc1ccc(-c2ccc(OC)cc2)cc1. The summed E-state index contributed by atoms with van der Waals surface area (Å²) in [6.45, 7) is 4.20. The molecular weight excluding hydrogens is 234 g/mol. The number of methoxy groups -OCH3 is 1. The lowest BCUT2D eigenvalue weighted by Gasteiger charge is -2.06. The molecule has 0 unspecified atom stereocenters. The van der Waals surface area contributed by atoms with Crippen LogP contribution in [-0.2, 0) is 6.42 Å². The summed E-state index contributed by atoms with van der Waals surface area (Å²) in [5, 5.41) is 3.34. The van der Waals surface area contributed by atoms with Gasteiger partial charge in [-0.25, -0.2) is 0 Å². The van der Waals surface area contributed by atoms with Crippen molar-refractivity contribution in [1.29, 1.82) is 0 Å². The standard InChI is InChI=1S/C17H21NO/c1-3-18-13-12-14-4-6-15(7-5-14)16-8-10-17(19-2)11-9-16/h4-11,18H,3,12-13H2,1-2H3. The van der Waals surface area contributed by atoms with Crippen LogP contribution in [0.4, 0.5) is 0 Å². The minimum Gasteiger partial charge on any atom is -0.497 e. The molecule has 0 aromatic heterocycles. The maximum atomic E-state index is 5.17. The van der Waals surface area contributed by atoms with Crippen LogP contribution in [0.25, 0.3) is 11.1 Å². The Hall–Kier alpha value is -1.80. The van der Waals surface area contributed by atoms with E-state index in [2.05, 4.69) is 48.6 Å². The number of rotatable bonds is 6. The first-order valence-electron chi connectivity index (χ1n) is 6.77. The molecule has 0 aliphatic heterocycles. The molecule has 0 amide bonds. The minimum absolute atomic E-state index is 0.894. The number of benzene rings is 2. The third-order valence-electron chi connectivity index (χ3n) is 3.22. The maximum Gasteiger partial charge on any atom is 0.118 e. The molecule has 0 spiro atoms. The molecule has 2 aromatic carbocycles. The molecule has 2 nitrogen and oxygen atoms in total. The van der Waals surface area contributed by atoms with Gasteiger partial charge in [0.15, 0.2) is 0 Å². The largest absolute Gasteiger partial charge is 0.497 e. The molecule has 1 N–H and O–H groups in total. The van der Waals surface area contributed by atoms with Gasteiger partial charge in [0.05, 0.1) is 7.11 Å². The normalized spacial score (nSPS) is 10.4. The smallest absolute Gasteiger partial charge is 0.118 e. The van der Waals surface area contributed by atoms with Gasteiger partial charge < -0.3 is 10.1 Å². The molecule has 19 heavy (non-hydrogen) atoms. The van der Waals surface area contributed by atoms with Crippen molar-refractivity contribution < 1.29 is 4.74 Å². The van der Waals surface area contributed by atoms with Crippen molar-refractivity contribution >= 4 is 0 Å². The van der Waals surface area contributed by atoms with Gasteiger partial charge in [-0.3, -0.25) is 0 Å². The summed E-state index contributed by atoms with van der Waals surface area (Å²) in [5.41, 5.74) is 3.84. The van der Waals surface area contributed by atoms with Crippen molar-refractivity contribution in [3.63, 3.8) is 0 Å². The lowest BCUT2D eigenvalue weighted by molar-refractivity contribution is 0.415. The van der Waals surface area contributed by atoms with Crippen LogP contribution in [0, 0.1) is 0 Å². The highest BCUT2D eigenvalue weighted by Crippen LogP contribution is 2.22. The summed E-state index contributed by atoms with van der Waals surface area (Å²) in [7, 11) is 1.69. The molecular formula is C17H21NO. The molecule has 2 heteroatoms. The number of hydrogen-bond acceptors (Lipinski definition) is 2. The van der Waals surface area contributed by atoms with Gasteiger partial charge in [-0.15, -0.1) is 0 Å². The second-order valence-corrected chi connectivity index (χ2v) is 4.53. The van der Waals surface area contributed by atoms with E-state index in [1.165, 1.54) is 16.7 Å². The zero-order valence-corrected chi connectivity index (χ0v) is 11.6. The van der Waals surface area contributed by atoms with Crippen molar-refractivity contribution in [2.24, 2.45) is 0 Å². The Labute approximate surface area is 115 Å². The maximum absolute atomic E-state index is 5.17. The van der Waals surface area contributed by atoms with Crippen LogP contribution in [0.15, 0.2) is 48.5 Å². The summed E-state index contributed by atoms with van der Waals surface area (Å²) < 4.78 is 5.17. The molecule has 0 saturated carbocycles. The van der Waals surface area contributed by atoms with E-state index in [-0.39, 0.29) is 0 Å². The van der Waals surface area contributed by atoms with Crippen molar-refractivity contribution in [3.8, 4) is 16.9 Å². The van der Waals surface area contributed by atoms with Gasteiger partial charge in [0, 0.05) is 0 Å². The molecule has 0 fully saturated rings. The Morgan fingerprint density at radius 2 is 1.47 bits per heavy atom. The number of likely N-dealkylation sites (N-methyl/N-ethyl adjacent to an activating group) is 1. The van der Waals surface area contributed by atoms with Gasteiger partial charge in [-0.2, -0.15) is 0 Å². The van der Waals surface area contributed by atoms with Crippen LogP contribution in [0.1, 0.15) is 12.5 Å². The molecule has 0 atom stereocenters. The van der Waals surface area contributed by atoms with E-state index in [0.29, 0.717) is 0 Å². The number of ether oxygens (including phenoxy) is 1. The van der Waals surface area contributed by atoms with E-state index >= 15 is 0 Å². The van der Waals surface area contributed by atoms with Crippen LogP contribution < -0.4 is 10.1 Å². The molecule has 0 aliphatic rings. The van der Waals surface area contributed by atoms with E-state index < -0.39 is 0 Å². The van der Waals surface area contributed by atoms with E-state index in [0.717, 1.165) is 25.3 Å². The van der Waals surface area contributed by atoms with Crippen molar-refractivity contribution in [3.05, 3.63) is 54.1 Å². The second kappa shape index (κ2) is 6.95. The summed E-state index contributed by atoms with van der Waals surface area (Å²) >= 11 is 0. The molecule has 0 saturated heterocycles. The Kier molecular flexibility index (Phi) is 4.99. The zero-order chi connectivity index (χ0) is 13.5. The highest BCUT2D eigenvalue weighted by atomic mass is 16.5. The number of nitrogens with one attached hydrogen (secondary N) is 1. The van der Waals surface area contributed by atoms with Crippen LogP contribution >= 0.6 is 0 Å². The Morgan fingerprint density at radius 1 is 0.895 bits per heavy atom. The third kappa shape index (κ3) is 3.83. The molecule has 0 bridgehead atoms. The highest BCUT2D eigenvalue weighted by molar-refractivity contribution is 5.64. The second-order valence-electron chi connectivity index (χ2n) is 4.53. The van der Waals surface area contributed by atoms with Gasteiger partial charge in [0.25, 0.3) is 0 Å². The van der Waals surface area contributed by atoms with Crippen molar-refractivity contribution in [1.82, 2.24) is 5.32 Å². The minimum atomic E-state index is 0.894. The predicted molar refractivity (Wildman–Crippen MR) is 80.7 cm³/mol. The highest BCUT2D eigenvalue weighted by Gasteiger charge is 1.99. The van der Waals surface area contributed by atoms with E-state index in [9.17, 15) is 0 Å². The van der Waals surface area contributed by atoms with Gasteiger partial charge in [0.1, 0.15) is 5.75 Å². The fourth-order valence-electron chi connectivity index (χ4n) is 2.06. The molecule has 2 rings (SSSR count). The summed E-state index contributed by atoms with van der Waals surface area (Å²) in [6, 6.07) is 16.9. The Bertz CT molecular complexity index is 488. The van der Waals surface area contributed by atoms with Crippen molar-refractivity contribution in [2.45, 2.75) is 13.3 Å². The lowest BCUT2D eigenvalue weighted by Crippen LogP contribution is -2.15. The average Bonchev–Trinajstić information content (AvgIpc) is 2.48. The Balaban J connectivity index is 2.04. The van der Waals surface area contributed by atoms with Gasteiger partial charge >= 0.3 is 0 Å². The Morgan fingerprint density at radius 3 is 2.00 bits per heavy atom. The lowest BCUT2D eigenvalue weighted by atomic mass is 10.0. The van der Waals surface area contributed by atoms with E-state index in [1.54, 1.807) is 7.11 Å². The van der Waals surface area contributed by atoms with Crippen LogP contribution in [0.2, 0.25) is 0 Å². The van der Waals surface area contributed by atoms with Gasteiger partial charge in [-0.05, 0) is 48.3 Å². The average molecular weight is 255 g/mol. The molecule has 100 valence electrons. The fourth-order valence-corrected chi connectivity index (χ4v) is 2.06. The fraction of sp³-hybridized carbons (Fsp3) is 0.294. The molecule has 2 aromatic rings. The molecule has 0 aliphatic carbocycles. The predicted octanol–water partition coefficient (Wildman–Crippen LogP) is 3.51. The number of hydrogen-bond donors (Lipinski definition) is 1. The van der Waals surface area contributed by atoms with Gasteiger partial charge in [-0.1, -0.05) is 43.3 Å². The first-order valence-corrected chi connectivity index (χ1v) is 6.77. The quantitative estimate of drug-likeness (QED) is 0.797. The van der Waals surface area contributed by atoms with E-state index in [4.69, 9.17) is 4.74 Å². The summed E-state index contributed by atoms with van der Waals surface area (Å²) in [4.78, 5) is 0. The van der Waals surface area contributed by atoms with Crippen LogP contribution in [0.5, 0.6) is 5.75 Å². The summed E-state index contributed by atoms with van der Waals surface area (Å²) in [6.07, 6.45) is 1.08. The molecule has 0 radical (unpaired) electrons. The first-order chi connectivity index (χ1) is 9.33. The molecule has 0 heterocycles. The van der Waals surface area contributed by atoms with Gasteiger partial charge in [0.2, 0.25) is 0 Å². The third-order valence-corrected chi connectivity index (χ3v) is 3.22. The first kappa shape index (κ1) is 13.6. The van der Waals surface area contributed by atoms with Crippen molar-refractivity contribution in [2.75, 3.05) is 20.2 Å². The topological polar surface area (TPSA) is 21.3 Å².